The first kappa shape index (κ1) is 4.00. The second-order valence-electron chi connectivity index (χ2n) is 1.22. The van der Waals surface area contributed by atoms with E-state index >= 15 is 0 Å². The Bertz CT molecular complexity index is 95.7. The molecule has 1 nitrogen and oxygen atoms in total. The number of hydrogen-bond donors (Lipinski definition) is 0. The van der Waals surface area contributed by atoms with Crippen molar-refractivity contribution in [1.82, 2.24) is 0 Å². The number of allylic oxidation sites excluding steroid dienone is 2. The predicted octanol–water partition coefficient (Wildman–Crippen LogP) is 1.49. The second-order valence-corrected chi connectivity index (χ2v) is 1.48. The molecule has 0 aliphatic carbocycles. The molecule has 0 fully saturated rings. The van der Waals surface area contributed by atoms with E-state index in [2.05, 4.69) is 0 Å². The highest BCUT2D eigenvalue weighted by atomic mass is 35.5. The van der Waals surface area contributed by atoms with Gasteiger partial charge in [-0.25, -0.2) is 0 Å². The molecular formula is C4H5ClO. The van der Waals surface area contributed by atoms with E-state index < -0.39 is 0 Å². The average Bonchev–Trinajstić information content (AvgIpc) is 2.19. The fraction of sp³-hybridized carbons (Fsp3) is 0.500. The standard InChI is InChI=1S/C4H5ClO/c1-3-4(2-5)6-3/h2H2,1H3. The van der Waals surface area contributed by atoms with E-state index in [0.29, 0.717) is 5.88 Å². The second kappa shape index (κ2) is 1.16. The molecule has 0 aromatic carbocycles. The lowest BCUT2D eigenvalue weighted by molar-refractivity contribution is 0.472. The highest BCUT2D eigenvalue weighted by Gasteiger charge is 2.16. The van der Waals surface area contributed by atoms with Gasteiger partial charge in [0.1, 0.15) is 5.76 Å². The van der Waals surface area contributed by atoms with Gasteiger partial charge in [0.25, 0.3) is 0 Å². The summed E-state index contributed by atoms with van der Waals surface area (Å²) in [5, 5.41) is 0. The van der Waals surface area contributed by atoms with Crippen LogP contribution in [-0.4, -0.2) is 5.88 Å². The fourth-order valence-electron chi connectivity index (χ4n) is 0.281. The number of rotatable bonds is 1. The first-order chi connectivity index (χ1) is 2.84. The van der Waals surface area contributed by atoms with Gasteiger partial charge in [-0.1, -0.05) is 0 Å². The van der Waals surface area contributed by atoms with Gasteiger partial charge in [0.05, 0.1) is 5.88 Å². The monoisotopic (exact) mass is 104 g/mol. The van der Waals surface area contributed by atoms with Gasteiger partial charge < -0.3 is 4.74 Å². The maximum Gasteiger partial charge on any atom is 0.156 e. The van der Waals surface area contributed by atoms with E-state index in [4.69, 9.17) is 16.3 Å². The van der Waals surface area contributed by atoms with Gasteiger partial charge in [-0.15, -0.1) is 11.6 Å². The third-order valence-corrected chi connectivity index (χ3v) is 0.991. The highest BCUT2D eigenvalue weighted by molar-refractivity contribution is 6.19. The van der Waals surface area contributed by atoms with Crippen LogP contribution in [0.3, 0.4) is 0 Å². The molecule has 0 aromatic heterocycles. The maximum atomic E-state index is 5.31. The summed E-state index contributed by atoms with van der Waals surface area (Å²) in [5.74, 6) is 2.47. The normalized spacial score (nSPS) is 17.7. The molecule has 0 atom stereocenters. The van der Waals surface area contributed by atoms with Gasteiger partial charge in [-0.2, -0.15) is 0 Å². The summed E-state index contributed by atoms with van der Waals surface area (Å²) >= 11 is 5.31. The van der Waals surface area contributed by atoms with Crippen molar-refractivity contribution in [1.29, 1.82) is 0 Å². The maximum absolute atomic E-state index is 5.31. The molecule has 1 rings (SSSR count). The fourth-order valence-corrected chi connectivity index (χ4v) is 0.523. The number of hydrogen-bond acceptors (Lipinski definition) is 1. The van der Waals surface area contributed by atoms with Gasteiger partial charge in [0.15, 0.2) is 5.76 Å². The smallest absolute Gasteiger partial charge is 0.156 e. The summed E-state index contributed by atoms with van der Waals surface area (Å²) in [6.07, 6.45) is 0. The van der Waals surface area contributed by atoms with E-state index in [1.54, 1.807) is 0 Å². The number of halogens is 1. The molecule has 34 valence electrons. The molecule has 1 aliphatic rings. The van der Waals surface area contributed by atoms with Crippen LogP contribution in [0.5, 0.6) is 0 Å². The molecule has 2 heteroatoms. The molecule has 1 aliphatic heterocycles. The Labute approximate surface area is 41.6 Å². The first-order valence-corrected chi connectivity index (χ1v) is 2.31. The van der Waals surface area contributed by atoms with Crippen LogP contribution in [0, 0.1) is 0 Å². The zero-order valence-corrected chi connectivity index (χ0v) is 4.25. The van der Waals surface area contributed by atoms with Crippen LogP contribution in [0.15, 0.2) is 11.5 Å². The van der Waals surface area contributed by atoms with Gasteiger partial charge in [0, 0.05) is 0 Å². The van der Waals surface area contributed by atoms with Crippen LogP contribution in [0.25, 0.3) is 0 Å². The Balaban J connectivity index is 2.38. The molecule has 1 heterocycles. The molecule has 0 unspecified atom stereocenters. The average molecular weight is 105 g/mol. The molecule has 0 spiro atoms. The molecule has 0 amide bonds. The summed E-state index contributed by atoms with van der Waals surface area (Å²) in [6.45, 7) is 1.90. The van der Waals surface area contributed by atoms with E-state index in [-0.39, 0.29) is 0 Å². The molecule has 0 radical (unpaired) electrons. The van der Waals surface area contributed by atoms with Gasteiger partial charge in [0.2, 0.25) is 0 Å². The van der Waals surface area contributed by atoms with Crippen molar-refractivity contribution in [3.63, 3.8) is 0 Å². The largest absolute Gasteiger partial charge is 0.458 e. The zero-order valence-electron chi connectivity index (χ0n) is 3.49. The summed E-state index contributed by atoms with van der Waals surface area (Å²) < 4.78 is 4.77. The van der Waals surface area contributed by atoms with Crippen LogP contribution in [0.2, 0.25) is 0 Å². The summed E-state index contributed by atoms with van der Waals surface area (Å²) in [7, 11) is 0. The Hall–Kier alpha value is -0.170. The van der Waals surface area contributed by atoms with Gasteiger partial charge in [-0.05, 0) is 6.92 Å². The zero-order chi connectivity index (χ0) is 4.57. The molecule has 0 saturated heterocycles. The molecular weight excluding hydrogens is 99.5 g/mol. The lowest BCUT2D eigenvalue weighted by atomic mass is 10.6. The van der Waals surface area contributed by atoms with Crippen molar-refractivity contribution in [3.8, 4) is 0 Å². The minimum absolute atomic E-state index is 0.534. The van der Waals surface area contributed by atoms with Crippen molar-refractivity contribution in [2.24, 2.45) is 0 Å². The van der Waals surface area contributed by atoms with E-state index in [1.807, 2.05) is 6.92 Å². The summed E-state index contributed by atoms with van der Waals surface area (Å²) in [4.78, 5) is 0. The van der Waals surface area contributed by atoms with Crippen LogP contribution in [-0.2, 0) is 4.74 Å². The lowest BCUT2D eigenvalue weighted by Gasteiger charge is -1.65. The van der Waals surface area contributed by atoms with Crippen LogP contribution < -0.4 is 0 Å². The topological polar surface area (TPSA) is 12.5 Å². The Kier molecular flexibility index (Phi) is 0.771. The number of ether oxygens (including phenoxy) is 1. The Morgan fingerprint density at radius 3 is 2.33 bits per heavy atom. The Morgan fingerprint density at radius 1 is 1.83 bits per heavy atom. The predicted molar refractivity (Wildman–Crippen MR) is 24.5 cm³/mol. The van der Waals surface area contributed by atoms with Gasteiger partial charge in [-0.3, -0.25) is 0 Å². The van der Waals surface area contributed by atoms with Crippen molar-refractivity contribution in [2.45, 2.75) is 6.92 Å². The van der Waals surface area contributed by atoms with Crippen molar-refractivity contribution >= 4 is 11.6 Å². The quantitative estimate of drug-likeness (QED) is 0.459. The van der Waals surface area contributed by atoms with Crippen LogP contribution in [0.4, 0.5) is 0 Å². The molecule has 0 aromatic rings. The summed E-state index contributed by atoms with van der Waals surface area (Å²) in [5.41, 5.74) is 0. The van der Waals surface area contributed by atoms with E-state index in [0.717, 1.165) is 11.5 Å². The summed E-state index contributed by atoms with van der Waals surface area (Å²) in [6, 6.07) is 0. The third-order valence-electron chi connectivity index (χ3n) is 0.749. The van der Waals surface area contributed by atoms with Crippen LogP contribution in [0.1, 0.15) is 6.92 Å². The van der Waals surface area contributed by atoms with Crippen molar-refractivity contribution in [2.75, 3.05) is 5.88 Å². The molecule has 0 bridgehead atoms. The van der Waals surface area contributed by atoms with Crippen molar-refractivity contribution < 1.29 is 4.74 Å². The molecule has 0 saturated carbocycles. The third kappa shape index (κ3) is 0.500. The molecule has 6 heavy (non-hydrogen) atoms. The van der Waals surface area contributed by atoms with E-state index in [9.17, 15) is 0 Å². The minimum atomic E-state index is 0.534. The molecule has 0 N–H and O–H groups in total. The lowest BCUT2D eigenvalue weighted by Crippen LogP contribution is -1.58. The highest BCUT2D eigenvalue weighted by Crippen LogP contribution is 2.25. The SMILES string of the molecule is CC1=C(CCl)O1. The van der Waals surface area contributed by atoms with Gasteiger partial charge >= 0.3 is 0 Å². The van der Waals surface area contributed by atoms with E-state index in [1.165, 1.54) is 0 Å². The van der Waals surface area contributed by atoms with Crippen molar-refractivity contribution in [3.05, 3.63) is 11.5 Å². The van der Waals surface area contributed by atoms with Crippen LogP contribution >= 0.6 is 11.6 Å². The minimum Gasteiger partial charge on any atom is -0.458 e. The first-order valence-electron chi connectivity index (χ1n) is 1.78. The number of alkyl halides is 1. The Morgan fingerprint density at radius 2 is 2.33 bits per heavy atom.